The highest BCUT2D eigenvalue weighted by Gasteiger charge is 2.21. The van der Waals surface area contributed by atoms with Gasteiger partial charge in [0.1, 0.15) is 17.5 Å². The Morgan fingerprint density at radius 1 is 1.16 bits per heavy atom. The SMILES string of the molecule is CC1=C(CCNc2ncc(C#N)c(NC3CCC(O)CC3)n2)c2cc(C#N)ccc2C1. The summed E-state index contributed by atoms with van der Waals surface area (Å²) >= 11 is 0. The zero-order valence-corrected chi connectivity index (χ0v) is 17.6. The zero-order chi connectivity index (χ0) is 21.8. The van der Waals surface area contributed by atoms with E-state index >= 15 is 0 Å². The molecule has 2 aromatic rings. The second-order valence-electron chi connectivity index (χ2n) is 8.31. The first-order valence-corrected chi connectivity index (χ1v) is 10.7. The number of allylic oxidation sites excluding steroid dienone is 1. The third kappa shape index (κ3) is 4.68. The van der Waals surface area contributed by atoms with Gasteiger partial charge in [0.05, 0.1) is 23.9 Å². The van der Waals surface area contributed by atoms with Crippen molar-refractivity contribution < 1.29 is 5.11 Å². The molecule has 1 heterocycles. The standard InChI is InChI=1S/C24H26N6O/c1-15-10-17-3-2-16(12-25)11-22(17)21(15)8-9-27-24-28-14-18(13-26)23(30-24)29-19-4-6-20(31)7-5-19/h2-3,11,14,19-20,31H,4-10H2,1H3,(H2,27,28,29,30). The van der Waals surface area contributed by atoms with Crippen molar-refractivity contribution in [1.82, 2.24) is 9.97 Å². The molecule has 1 saturated carbocycles. The fourth-order valence-corrected chi connectivity index (χ4v) is 4.42. The number of aliphatic hydroxyl groups excluding tert-OH is 1. The highest BCUT2D eigenvalue weighted by molar-refractivity contribution is 5.77. The molecule has 0 radical (unpaired) electrons. The number of aromatic nitrogens is 2. The van der Waals surface area contributed by atoms with Gasteiger partial charge in [0.15, 0.2) is 0 Å². The molecule has 1 fully saturated rings. The molecule has 0 aliphatic heterocycles. The minimum absolute atomic E-state index is 0.204. The van der Waals surface area contributed by atoms with E-state index in [0.29, 0.717) is 29.4 Å². The molecule has 3 N–H and O–H groups in total. The van der Waals surface area contributed by atoms with E-state index < -0.39 is 0 Å². The fourth-order valence-electron chi connectivity index (χ4n) is 4.42. The van der Waals surface area contributed by atoms with Crippen LogP contribution in [0.4, 0.5) is 11.8 Å². The number of fused-ring (bicyclic) bond motifs is 1. The lowest BCUT2D eigenvalue weighted by atomic mass is 9.93. The molecular weight excluding hydrogens is 388 g/mol. The van der Waals surface area contributed by atoms with E-state index in [1.165, 1.54) is 22.3 Å². The average molecular weight is 415 g/mol. The molecule has 2 aliphatic rings. The van der Waals surface area contributed by atoms with Crippen molar-refractivity contribution in [2.24, 2.45) is 0 Å². The summed E-state index contributed by atoms with van der Waals surface area (Å²) in [7, 11) is 0. The first kappa shape index (κ1) is 20.8. The van der Waals surface area contributed by atoms with Crippen LogP contribution in [0.1, 0.15) is 61.3 Å². The minimum Gasteiger partial charge on any atom is -0.393 e. The Kier molecular flexibility index (Phi) is 6.16. The molecular formula is C24H26N6O. The van der Waals surface area contributed by atoms with Crippen LogP contribution < -0.4 is 10.6 Å². The number of aliphatic hydroxyl groups is 1. The third-order valence-corrected chi connectivity index (χ3v) is 6.14. The molecule has 2 aliphatic carbocycles. The average Bonchev–Trinajstić information content (AvgIpc) is 3.10. The maximum Gasteiger partial charge on any atom is 0.224 e. The summed E-state index contributed by atoms with van der Waals surface area (Å²) < 4.78 is 0. The second-order valence-corrected chi connectivity index (χ2v) is 8.31. The molecule has 0 spiro atoms. The van der Waals surface area contributed by atoms with Crippen molar-refractivity contribution in [1.29, 1.82) is 10.5 Å². The van der Waals surface area contributed by atoms with Crippen LogP contribution in [-0.4, -0.2) is 33.8 Å². The Morgan fingerprint density at radius 2 is 1.97 bits per heavy atom. The lowest BCUT2D eigenvalue weighted by Gasteiger charge is -2.26. The molecule has 31 heavy (non-hydrogen) atoms. The van der Waals surface area contributed by atoms with Crippen LogP contribution in [0, 0.1) is 22.7 Å². The fraction of sp³-hybridized carbons (Fsp3) is 0.417. The summed E-state index contributed by atoms with van der Waals surface area (Å²) in [4.78, 5) is 8.82. The van der Waals surface area contributed by atoms with Gasteiger partial charge in [-0.15, -0.1) is 0 Å². The number of anilines is 2. The van der Waals surface area contributed by atoms with Gasteiger partial charge in [-0.25, -0.2) is 4.98 Å². The zero-order valence-electron chi connectivity index (χ0n) is 17.6. The Balaban J connectivity index is 1.41. The van der Waals surface area contributed by atoms with E-state index in [9.17, 15) is 15.6 Å². The van der Waals surface area contributed by atoms with Crippen molar-refractivity contribution in [3.8, 4) is 12.1 Å². The summed E-state index contributed by atoms with van der Waals surface area (Å²) in [6.07, 6.45) is 6.29. The van der Waals surface area contributed by atoms with E-state index in [4.69, 9.17) is 0 Å². The van der Waals surface area contributed by atoms with Crippen LogP contribution >= 0.6 is 0 Å². The third-order valence-electron chi connectivity index (χ3n) is 6.14. The number of benzene rings is 1. The van der Waals surface area contributed by atoms with Gasteiger partial charge in [-0.3, -0.25) is 0 Å². The van der Waals surface area contributed by atoms with E-state index in [-0.39, 0.29) is 12.1 Å². The number of nitriles is 2. The Bertz CT molecular complexity index is 1090. The molecule has 158 valence electrons. The van der Waals surface area contributed by atoms with Crippen LogP contribution in [0.2, 0.25) is 0 Å². The summed E-state index contributed by atoms with van der Waals surface area (Å²) in [6.45, 7) is 2.80. The van der Waals surface area contributed by atoms with Crippen LogP contribution in [0.25, 0.3) is 5.57 Å². The highest BCUT2D eigenvalue weighted by atomic mass is 16.3. The van der Waals surface area contributed by atoms with Crippen molar-refractivity contribution in [3.05, 3.63) is 52.2 Å². The first-order chi connectivity index (χ1) is 15.1. The van der Waals surface area contributed by atoms with Crippen LogP contribution in [0.5, 0.6) is 0 Å². The van der Waals surface area contributed by atoms with E-state index in [1.807, 2.05) is 18.2 Å². The van der Waals surface area contributed by atoms with Gasteiger partial charge >= 0.3 is 0 Å². The molecule has 0 amide bonds. The van der Waals surface area contributed by atoms with Crippen molar-refractivity contribution >= 4 is 17.3 Å². The van der Waals surface area contributed by atoms with Crippen molar-refractivity contribution in [2.45, 2.75) is 57.6 Å². The largest absolute Gasteiger partial charge is 0.393 e. The first-order valence-electron chi connectivity index (χ1n) is 10.7. The number of hydrogen-bond donors (Lipinski definition) is 3. The van der Waals surface area contributed by atoms with Gasteiger partial charge in [-0.1, -0.05) is 11.6 Å². The molecule has 0 saturated heterocycles. The molecule has 1 aromatic carbocycles. The second kappa shape index (κ2) is 9.16. The molecule has 0 unspecified atom stereocenters. The van der Waals surface area contributed by atoms with Crippen LogP contribution in [-0.2, 0) is 6.42 Å². The number of rotatable bonds is 6. The lowest BCUT2D eigenvalue weighted by molar-refractivity contribution is 0.126. The summed E-state index contributed by atoms with van der Waals surface area (Å²) in [5.74, 6) is 1.03. The highest BCUT2D eigenvalue weighted by Crippen LogP contribution is 2.35. The van der Waals surface area contributed by atoms with Crippen LogP contribution in [0.3, 0.4) is 0 Å². The quantitative estimate of drug-likeness (QED) is 0.658. The van der Waals surface area contributed by atoms with E-state index in [1.54, 1.807) is 6.20 Å². The van der Waals surface area contributed by atoms with E-state index in [2.05, 4.69) is 39.7 Å². The Morgan fingerprint density at radius 3 is 2.71 bits per heavy atom. The molecule has 7 heteroatoms. The number of nitrogens with one attached hydrogen (secondary N) is 2. The minimum atomic E-state index is -0.223. The Labute approximate surface area is 182 Å². The van der Waals surface area contributed by atoms with Crippen molar-refractivity contribution in [3.63, 3.8) is 0 Å². The molecule has 0 atom stereocenters. The van der Waals surface area contributed by atoms with Gasteiger partial charge in [-0.05, 0) is 74.3 Å². The summed E-state index contributed by atoms with van der Waals surface area (Å²) in [6, 6.07) is 10.5. The topological polar surface area (TPSA) is 118 Å². The van der Waals surface area contributed by atoms with Gasteiger partial charge in [0.25, 0.3) is 0 Å². The van der Waals surface area contributed by atoms with Gasteiger partial charge in [-0.2, -0.15) is 15.5 Å². The van der Waals surface area contributed by atoms with E-state index in [0.717, 1.165) is 38.5 Å². The van der Waals surface area contributed by atoms with Crippen molar-refractivity contribution in [2.75, 3.05) is 17.2 Å². The monoisotopic (exact) mass is 414 g/mol. The van der Waals surface area contributed by atoms with Gasteiger partial charge in [0, 0.05) is 12.6 Å². The van der Waals surface area contributed by atoms with Gasteiger partial charge in [0.2, 0.25) is 5.95 Å². The predicted octanol–water partition coefficient (Wildman–Crippen LogP) is 3.77. The lowest BCUT2D eigenvalue weighted by Crippen LogP contribution is -2.29. The molecule has 0 bridgehead atoms. The predicted molar refractivity (Wildman–Crippen MR) is 119 cm³/mol. The Hall–Kier alpha value is -3.42. The number of nitrogens with zero attached hydrogens (tertiary/aromatic N) is 4. The molecule has 1 aromatic heterocycles. The summed E-state index contributed by atoms with van der Waals surface area (Å²) in [5.41, 5.74) is 6.14. The maximum atomic E-state index is 9.70. The summed E-state index contributed by atoms with van der Waals surface area (Å²) in [5, 5.41) is 35.0. The molecule has 7 nitrogen and oxygen atoms in total. The smallest absolute Gasteiger partial charge is 0.224 e. The maximum absolute atomic E-state index is 9.70. The number of hydrogen-bond acceptors (Lipinski definition) is 7. The normalized spacial score (nSPS) is 20.0. The van der Waals surface area contributed by atoms with Crippen LogP contribution in [0.15, 0.2) is 30.0 Å². The van der Waals surface area contributed by atoms with Gasteiger partial charge < -0.3 is 15.7 Å². The molecule has 4 rings (SSSR count).